The first kappa shape index (κ1) is 19.5. The second kappa shape index (κ2) is 7.61. The summed E-state index contributed by atoms with van der Waals surface area (Å²) in [6, 6.07) is 8.29. The highest BCUT2D eigenvalue weighted by Gasteiger charge is 2.28. The Morgan fingerprint density at radius 2 is 1.50 bits per heavy atom. The molecule has 0 aromatic heterocycles. The molecule has 0 saturated carbocycles. The van der Waals surface area contributed by atoms with Crippen LogP contribution in [0.4, 0.5) is 8.78 Å². The van der Waals surface area contributed by atoms with Crippen LogP contribution in [0.15, 0.2) is 42.5 Å². The quantitative estimate of drug-likeness (QED) is 0.577. The van der Waals surface area contributed by atoms with Gasteiger partial charge in [0.2, 0.25) is 5.91 Å². The van der Waals surface area contributed by atoms with E-state index in [-0.39, 0.29) is 5.91 Å². The zero-order valence-electron chi connectivity index (χ0n) is 14.6. The van der Waals surface area contributed by atoms with Gasteiger partial charge < -0.3 is 5.32 Å². The van der Waals surface area contributed by atoms with Crippen LogP contribution < -0.4 is 10.8 Å². The fraction of sp³-hybridized carbons (Fsp3) is 0.263. The third kappa shape index (κ3) is 4.64. The highest BCUT2D eigenvalue weighted by molar-refractivity contribution is 5.90. The Hall–Kier alpha value is -2.80. The van der Waals surface area contributed by atoms with E-state index in [1.807, 2.05) is 0 Å². The first-order chi connectivity index (χ1) is 12.1. The zero-order chi connectivity index (χ0) is 19.5. The van der Waals surface area contributed by atoms with Crippen LogP contribution in [-0.4, -0.2) is 17.0 Å². The van der Waals surface area contributed by atoms with Gasteiger partial charge in [0.25, 0.3) is 5.91 Å². The second-order valence-electron chi connectivity index (χ2n) is 6.91. The van der Waals surface area contributed by atoms with Gasteiger partial charge in [-0.15, -0.1) is 0 Å². The fourth-order valence-electron chi connectivity index (χ4n) is 2.30. The maximum absolute atomic E-state index is 13.4. The van der Waals surface area contributed by atoms with Gasteiger partial charge in [-0.25, -0.2) is 14.3 Å². The van der Waals surface area contributed by atoms with Gasteiger partial charge in [0.1, 0.15) is 17.7 Å². The highest BCUT2D eigenvalue weighted by Crippen LogP contribution is 2.25. The number of hydrogen-bond acceptors (Lipinski definition) is 3. The minimum absolute atomic E-state index is 0.343. The van der Waals surface area contributed by atoms with Crippen molar-refractivity contribution in [2.75, 3.05) is 0 Å². The summed E-state index contributed by atoms with van der Waals surface area (Å²) in [7, 11) is 0. The van der Waals surface area contributed by atoms with Crippen molar-refractivity contribution in [2.24, 2.45) is 5.41 Å². The van der Waals surface area contributed by atoms with Crippen molar-refractivity contribution in [1.82, 2.24) is 10.8 Å². The maximum atomic E-state index is 13.4. The van der Waals surface area contributed by atoms with E-state index >= 15 is 0 Å². The predicted molar refractivity (Wildman–Crippen MR) is 92.1 cm³/mol. The van der Waals surface area contributed by atoms with E-state index in [4.69, 9.17) is 5.21 Å². The predicted octanol–water partition coefficient (Wildman–Crippen LogP) is 3.34. The molecule has 0 spiro atoms. The van der Waals surface area contributed by atoms with Crippen LogP contribution in [0.5, 0.6) is 0 Å². The van der Waals surface area contributed by atoms with Gasteiger partial charge in [0.05, 0.1) is 0 Å². The molecule has 0 bridgehead atoms. The second-order valence-corrected chi connectivity index (χ2v) is 6.91. The molecule has 0 fully saturated rings. The van der Waals surface area contributed by atoms with E-state index in [0.717, 1.165) is 6.07 Å². The smallest absolute Gasteiger partial charge is 0.270 e. The summed E-state index contributed by atoms with van der Waals surface area (Å²) in [5.74, 6) is -2.56. The van der Waals surface area contributed by atoms with Crippen molar-refractivity contribution in [2.45, 2.75) is 26.8 Å². The number of amides is 2. The molecule has 5 nitrogen and oxygen atoms in total. The Kier molecular flexibility index (Phi) is 5.72. The van der Waals surface area contributed by atoms with Crippen molar-refractivity contribution in [3.63, 3.8) is 0 Å². The van der Waals surface area contributed by atoms with Gasteiger partial charge in [-0.2, -0.15) is 0 Å². The molecule has 1 atom stereocenters. The first-order valence-corrected chi connectivity index (χ1v) is 7.93. The molecule has 26 heavy (non-hydrogen) atoms. The number of benzene rings is 2. The van der Waals surface area contributed by atoms with E-state index in [1.165, 1.54) is 17.6 Å². The molecule has 0 aliphatic rings. The summed E-state index contributed by atoms with van der Waals surface area (Å²) in [5, 5.41) is 11.5. The van der Waals surface area contributed by atoms with Crippen LogP contribution in [0.2, 0.25) is 0 Å². The molecule has 2 aromatic rings. The molecule has 2 rings (SSSR count). The summed E-state index contributed by atoms with van der Waals surface area (Å²) in [5.41, 5.74) is 2.09. The van der Waals surface area contributed by atoms with E-state index in [1.54, 1.807) is 45.0 Å². The highest BCUT2D eigenvalue weighted by atomic mass is 19.1. The number of rotatable bonds is 4. The van der Waals surface area contributed by atoms with Crippen molar-refractivity contribution >= 4 is 11.8 Å². The van der Waals surface area contributed by atoms with Crippen molar-refractivity contribution in [3.05, 3.63) is 59.7 Å². The molecule has 0 heterocycles. The van der Waals surface area contributed by atoms with Crippen molar-refractivity contribution in [3.8, 4) is 11.1 Å². The van der Waals surface area contributed by atoms with Gasteiger partial charge in [-0.1, -0.05) is 45.0 Å². The third-order valence-electron chi connectivity index (χ3n) is 3.77. The SMILES string of the molecule is CC(C)(C)C(=O)NC(C(=O)NO)c1ccc(-c2cc(F)cc(F)c2)cc1. The molecule has 0 aliphatic heterocycles. The van der Waals surface area contributed by atoms with Crippen LogP contribution in [0.25, 0.3) is 11.1 Å². The monoisotopic (exact) mass is 362 g/mol. The molecular weight excluding hydrogens is 342 g/mol. The molecule has 0 radical (unpaired) electrons. The Bertz CT molecular complexity index is 794. The average molecular weight is 362 g/mol. The van der Waals surface area contributed by atoms with Crippen molar-refractivity contribution in [1.29, 1.82) is 0 Å². The molecule has 1 unspecified atom stereocenters. The van der Waals surface area contributed by atoms with E-state index in [9.17, 15) is 18.4 Å². The lowest BCUT2D eigenvalue weighted by Crippen LogP contribution is -2.43. The molecule has 0 saturated heterocycles. The molecule has 0 aliphatic carbocycles. The van der Waals surface area contributed by atoms with E-state index < -0.39 is 29.0 Å². The molecule has 7 heteroatoms. The van der Waals surface area contributed by atoms with Gasteiger partial charge in [0.15, 0.2) is 0 Å². The average Bonchev–Trinajstić information content (AvgIpc) is 2.57. The van der Waals surface area contributed by atoms with Crippen LogP contribution in [0.1, 0.15) is 32.4 Å². The lowest BCUT2D eigenvalue weighted by molar-refractivity contribution is -0.137. The maximum Gasteiger partial charge on any atom is 0.270 e. The Balaban J connectivity index is 2.32. The summed E-state index contributed by atoms with van der Waals surface area (Å²) >= 11 is 0. The van der Waals surface area contributed by atoms with Crippen LogP contribution >= 0.6 is 0 Å². The number of hydroxylamine groups is 1. The summed E-state index contributed by atoms with van der Waals surface area (Å²) in [6.07, 6.45) is 0. The molecule has 3 N–H and O–H groups in total. The Morgan fingerprint density at radius 1 is 0.962 bits per heavy atom. The van der Waals surface area contributed by atoms with Crippen LogP contribution in [0.3, 0.4) is 0 Å². The number of halogens is 2. The number of carbonyl (C=O) groups is 2. The summed E-state index contributed by atoms with van der Waals surface area (Å²) < 4.78 is 26.7. The summed E-state index contributed by atoms with van der Waals surface area (Å²) in [4.78, 5) is 24.1. The largest absolute Gasteiger partial charge is 0.340 e. The number of hydrogen-bond donors (Lipinski definition) is 3. The lowest BCUT2D eigenvalue weighted by Gasteiger charge is -2.23. The fourth-order valence-corrected chi connectivity index (χ4v) is 2.30. The van der Waals surface area contributed by atoms with Crippen LogP contribution in [-0.2, 0) is 9.59 Å². The molecule has 138 valence electrons. The van der Waals surface area contributed by atoms with E-state index in [2.05, 4.69) is 5.32 Å². The summed E-state index contributed by atoms with van der Waals surface area (Å²) in [6.45, 7) is 5.08. The van der Waals surface area contributed by atoms with E-state index in [0.29, 0.717) is 16.7 Å². The number of nitrogens with one attached hydrogen (secondary N) is 2. The Morgan fingerprint density at radius 3 is 1.96 bits per heavy atom. The van der Waals surface area contributed by atoms with Crippen molar-refractivity contribution < 1.29 is 23.6 Å². The van der Waals surface area contributed by atoms with Gasteiger partial charge in [0, 0.05) is 11.5 Å². The van der Waals surface area contributed by atoms with Crippen LogP contribution in [0, 0.1) is 17.0 Å². The van der Waals surface area contributed by atoms with Gasteiger partial charge in [-0.05, 0) is 28.8 Å². The number of carbonyl (C=O) groups excluding carboxylic acids is 2. The lowest BCUT2D eigenvalue weighted by atomic mass is 9.94. The van der Waals surface area contributed by atoms with Gasteiger partial charge in [-0.3, -0.25) is 14.8 Å². The first-order valence-electron chi connectivity index (χ1n) is 7.93. The van der Waals surface area contributed by atoms with Gasteiger partial charge >= 0.3 is 0 Å². The Labute approximate surface area is 150 Å². The minimum atomic E-state index is -1.11. The topological polar surface area (TPSA) is 78.4 Å². The third-order valence-corrected chi connectivity index (χ3v) is 3.77. The zero-order valence-corrected chi connectivity index (χ0v) is 14.6. The molecular formula is C19H20F2N2O3. The molecule has 2 amide bonds. The normalized spacial score (nSPS) is 12.4. The minimum Gasteiger partial charge on any atom is -0.340 e. The standard InChI is InChI=1S/C19H20F2N2O3/c1-19(2,3)18(25)22-16(17(24)23-26)12-6-4-11(5-7-12)13-8-14(20)10-15(21)9-13/h4-10,16,26H,1-3H3,(H,22,25)(H,23,24). The molecule has 2 aromatic carbocycles.